The fourth-order valence-corrected chi connectivity index (χ4v) is 2.21. The van der Waals surface area contributed by atoms with Crippen LogP contribution in [0.25, 0.3) is 0 Å². The minimum absolute atomic E-state index is 0.183. The lowest BCUT2D eigenvalue weighted by Gasteiger charge is -2.30. The lowest BCUT2D eigenvalue weighted by molar-refractivity contribution is 0.145. The molecule has 0 bridgehead atoms. The predicted octanol–water partition coefficient (Wildman–Crippen LogP) is 1.85. The van der Waals surface area contributed by atoms with Gasteiger partial charge in [-0.2, -0.15) is 4.98 Å². The van der Waals surface area contributed by atoms with E-state index < -0.39 is 0 Å². The van der Waals surface area contributed by atoms with E-state index in [0.29, 0.717) is 0 Å². The van der Waals surface area contributed by atoms with Gasteiger partial charge in [0.05, 0.1) is 10.6 Å². The number of hydrogen-bond acceptors (Lipinski definition) is 4. The van der Waals surface area contributed by atoms with E-state index >= 15 is 0 Å². The van der Waals surface area contributed by atoms with Gasteiger partial charge in [-0.05, 0) is 40.4 Å². The van der Waals surface area contributed by atoms with Crippen molar-refractivity contribution in [3.8, 4) is 0 Å². The summed E-state index contributed by atoms with van der Waals surface area (Å²) in [6.07, 6.45) is 3.01. The summed E-state index contributed by atoms with van der Waals surface area (Å²) in [6, 6.07) is 0. The molecular formula is C9H11BrClN3O. The number of piperidine rings is 1. The van der Waals surface area contributed by atoms with Gasteiger partial charge < -0.3 is 10.0 Å². The largest absolute Gasteiger partial charge is 0.393 e. The van der Waals surface area contributed by atoms with Crippen molar-refractivity contribution < 1.29 is 5.11 Å². The Balaban J connectivity index is 2.18. The Hall–Kier alpha value is -0.390. The quantitative estimate of drug-likeness (QED) is 0.803. The second kappa shape index (κ2) is 4.63. The Morgan fingerprint density at radius 3 is 2.80 bits per heavy atom. The zero-order valence-corrected chi connectivity index (χ0v) is 10.4. The summed E-state index contributed by atoms with van der Waals surface area (Å²) in [5.74, 6) is 0.807. The SMILES string of the molecule is OC1CCN(c2nc(Cl)ncc2Br)CC1. The number of aliphatic hydroxyl groups is 1. The Kier molecular flexibility index (Phi) is 3.43. The molecule has 1 N–H and O–H groups in total. The molecule has 2 rings (SSSR count). The first kappa shape index (κ1) is 11.1. The van der Waals surface area contributed by atoms with Crippen LogP contribution in [0.5, 0.6) is 0 Å². The van der Waals surface area contributed by atoms with Crippen molar-refractivity contribution in [2.45, 2.75) is 18.9 Å². The van der Waals surface area contributed by atoms with Gasteiger partial charge in [-0.3, -0.25) is 0 Å². The number of rotatable bonds is 1. The third kappa shape index (κ3) is 2.59. The molecule has 0 amide bonds. The van der Waals surface area contributed by atoms with Gasteiger partial charge in [0.1, 0.15) is 5.82 Å². The van der Waals surface area contributed by atoms with Crippen molar-refractivity contribution in [2.75, 3.05) is 18.0 Å². The molecular weight excluding hydrogens is 281 g/mol. The summed E-state index contributed by atoms with van der Waals surface area (Å²) in [4.78, 5) is 10.2. The van der Waals surface area contributed by atoms with Crippen molar-refractivity contribution in [1.82, 2.24) is 9.97 Å². The van der Waals surface area contributed by atoms with E-state index in [1.807, 2.05) is 0 Å². The minimum Gasteiger partial charge on any atom is -0.393 e. The van der Waals surface area contributed by atoms with Crippen molar-refractivity contribution in [3.05, 3.63) is 16.0 Å². The molecule has 1 saturated heterocycles. The van der Waals surface area contributed by atoms with Crippen molar-refractivity contribution in [1.29, 1.82) is 0 Å². The summed E-state index contributed by atoms with van der Waals surface area (Å²) in [7, 11) is 0. The predicted molar refractivity (Wildman–Crippen MR) is 62.2 cm³/mol. The van der Waals surface area contributed by atoms with Crippen LogP contribution in [0.4, 0.5) is 5.82 Å². The van der Waals surface area contributed by atoms with Gasteiger partial charge >= 0.3 is 0 Å². The average molecular weight is 293 g/mol. The van der Waals surface area contributed by atoms with Crippen LogP contribution in [0.3, 0.4) is 0 Å². The fraction of sp³-hybridized carbons (Fsp3) is 0.556. The molecule has 1 fully saturated rings. The van der Waals surface area contributed by atoms with E-state index in [4.69, 9.17) is 11.6 Å². The average Bonchev–Trinajstić information content (AvgIpc) is 2.23. The highest BCUT2D eigenvalue weighted by molar-refractivity contribution is 9.10. The first-order chi connectivity index (χ1) is 7.16. The number of nitrogens with zero attached hydrogens (tertiary/aromatic N) is 3. The van der Waals surface area contributed by atoms with E-state index in [9.17, 15) is 5.11 Å². The molecule has 0 aliphatic carbocycles. The molecule has 0 saturated carbocycles. The van der Waals surface area contributed by atoms with Crippen LogP contribution < -0.4 is 4.90 Å². The molecule has 0 aromatic carbocycles. The molecule has 6 heteroatoms. The Morgan fingerprint density at radius 1 is 1.47 bits per heavy atom. The van der Waals surface area contributed by atoms with Gasteiger partial charge in [0.2, 0.25) is 5.28 Å². The highest BCUT2D eigenvalue weighted by Gasteiger charge is 2.20. The Bertz CT molecular complexity index is 355. The lowest BCUT2D eigenvalue weighted by atomic mass is 10.1. The van der Waals surface area contributed by atoms with Crippen LogP contribution in [0.1, 0.15) is 12.8 Å². The second-order valence-corrected chi connectivity index (χ2v) is 4.72. The topological polar surface area (TPSA) is 49.2 Å². The summed E-state index contributed by atoms with van der Waals surface area (Å²) in [6.45, 7) is 1.60. The van der Waals surface area contributed by atoms with Crippen LogP contribution >= 0.6 is 27.5 Å². The number of anilines is 1. The molecule has 0 radical (unpaired) electrons. The summed E-state index contributed by atoms with van der Waals surface area (Å²) in [5, 5.41) is 9.65. The Labute approximate surface area is 101 Å². The molecule has 1 aliphatic heterocycles. The zero-order valence-electron chi connectivity index (χ0n) is 8.03. The number of aliphatic hydroxyl groups excluding tert-OH is 1. The third-order valence-corrected chi connectivity index (χ3v) is 3.20. The van der Waals surface area contributed by atoms with Gasteiger partial charge in [0.15, 0.2) is 0 Å². The molecule has 0 spiro atoms. The van der Waals surface area contributed by atoms with Crippen molar-refractivity contribution >= 4 is 33.3 Å². The third-order valence-electron chi connectivity index (χ3n) is 2.46. The van der Waals surface area contributed by atoms with Crippen LogP contribution in [-0.4, -0.2) is 34.3 Å². The number of aromatic nitrogens is 2. The van der Waals surface area contributed by atoms with E-state index in [-0.39, 0.29) is 11.4 Å². The van der Waals surface area contributed by atoms with Gasteiger partial charge in [0.25, 0.3) is 0 Å². The minimum atomic E-state index is -0.183. The van der Waals surface area contributed by atoms with E-state index in [1.54, 1.807) is 6.20 Å². The maximum Gasteiger partial charge on any atom is 0.224 e. The molecule has 1 aromatic heterocycles. The number of hydrogen-bond donors (Lipinski definition) is 1. The smallest absolute Gasteiger partial charge is 0.224 e. The zero-order chi connectivity index (χ0) is 10.8. The van der Waals surface area contributed by atoms with Crippen LogP contribution in [0, 0.1) is 0 Å². The number of halogens is 2. The monoisotopic (exact) mass is 291 g/mol. The molecule has 4 nitrogen and oxygen atoms in total. The van der Waals surface area contributed by atoms with Gasteiger partial charge in [-0.25, -0.2) is 4.98 Å². The van der Waals surface area contributed by atoms with Crippen molar-refractivity contribution in [2.24, 2.45) is 0 Å². The van der Waals surface area contributed by atoms with E-state index in [1.165, 1.54) is 0 Å². The molecule has 15 heavy (non-hydrogen) atoms. The molecule has 2 heterocycles. The van der Waals surface area contributed by atoms with Crippen molar-refractivity contribution in [3.63, 3.8) is 0 Å². The second-order valence-electron chi connectivity index (χ2n) is 3.53. The maximum absolute atomic E-state index is 9.40. The highest BCUT2D eigenvalue weighted by Crippen LogP contribution is 2.26. The Morgan fingerprint density at radius 2 is 2.13 bits per heavy atom. The molecule has 1 aromatic rings. The lowest BCUT2D eigenvalue weighted by Crippen LogP contribution is -2.36. The summed E-state index contributed by atoms with van der Waals surface area (Å²) in [5.41, 5.74) is 0. The standard InChI is InChI=1S/C9H11BrClN3O/c10-7-5-12-9(11)13-8(7)14-3-1-6(15)2-4-14/h5-6,15H,1-4H2. The normalized spacial score (nSPS) is 18.2. The first-order valence-electron chi connectivity index (χ1n) is 4.78. The van der Waals surface area contributed by atoms with Gasteiger partial charge in [-0.15, -0.1) is 0 Å². The molecule has 82 valence electrons. The summed E-state index contributed by atoms with van der Waals surface area (Å²) < 4.78 is 0.836. The van der Waals surface area contributed by atoms with Crippen LogP contribution in [0.15, 0.2) is 10.7 Å². The highest BCUT2D eigenvalue weighted by atomic mass is 79.9. The molecule has 0 unspecified atom stereocenters. The van der Waals surface area contributed by atoms with E-state index in [2.05, 4.69) is 30.8 Å². The van der Waals surface area contributed by atoms with Gasteiger partial charge in [0, 0.05) is 19.3 Å². The molecule has 1 aliphatic rings. The molecule has 0 atom stereocenters. The maximum atomic E-state index is 9.40. The van der Waals surface area contributed by atoms with Gasteiger partial charge in [-0.1, -0.05) is 0 Å². The first-order valence-corrected chi connectivity index (χ1v) is 5.95. The summed E-state index contributed by atoms with van der Waals surface area (Å²) >= 11 is 9.14. The van der Waals surface area contributed by atoms with E-state index in [0.717, 1.165) is 36.2 Å². The fourth-order valence-electron chi connectivity index (χ4n) is 1.64. The van der Waals surface area contributed by atoms with Crippen LogP contribution in [-0.2, 0) is 0 Å². The van der Waals surface area contributed by atoms with Crippen LogP contribution in [0.2, 0.25) is 5.28 Å².